The minimum atomic E-state index is -1.05. The minimum Gasteiger partial charge on any atom is -0.478 e. The van der Waals surface area contributed by atoms with Crippen molar-refractivity contribution in [1.29, 1.82) is 5.26 Å². The molecule has 0 fully saturated rings. The van der Waals surface area contributed by atoms with Crippen LogP contribution < -0.4 is 10.6 Å². The predicted octanol–water partition coefficient (Wildman–Crippen LogP) is 3.17. The first-order valence-electron chi connectivity index (χ1n) is 7.22. The van der Waals surface area contributed by atoms with E-state index in [1.807, 2.05) is 18.2 Å². The number of carbonyl (C=O) groups is 2. The number of nitrogens with one attached hydrogen (secondary N) is 2. The highest BCUT2D eigenvalue weighted by molar-refractivity contribution is 6.30. The molecule has 2 rings (SSSR count). The van der Waals surface area contributed by atoms with Gasteiger partial charge in [0.25, 0.3) is 5.91 Å². The summed E-state index contributed by atoms with van der Waals surface area (Å²) in [6.45, 7) is 0.433. The Morgan fingerprint density at radius 3 is 2.32 bits per heavy atom. The van der Waals surface area contributed by atoms with E-state index in [-0.39, 0.29) is 11.1 Å². The lowest BCUT2D eigenvalue weighted by molar-refractivity contribution is -0.112. The molecule has 0 aromatic heterocycles. The zero-order valence-electron chi connectivity index (χ0n) is 13.0. The number of amides is 1. The third-order valence-electron chi connectivity index (χ3n) is 3.22. The van der Waals surface area contributed by atoms with E-state index in [0.29, 0.717) is 17.3 Å². The first kappa shape index (κ1) is 18.0. The number of carboxylic acid groups (broad SMARTS) is 1. The van der Waals surface area contributed by atoms with Crippen molar-refractivity contribution >= 4 is 29.2 Å². The van der Waals surface area contributed by atoms with E-state index in [1.54, 1.807) is 12.1 Å². The van der Waals surface area contributed by atoms with E-state index in [4.69, 9.17) is 22.0 Å². The smallest absolute Gasteiger partial charge is 0.335 e. The van der Waals surface area contributed by atoms with Crippen LogP contribution in [0.4, 0.5) is 5.69 Å². The minimum absolute atomic E-state index is 0.101. The van der Waals surface area contributed by atoms with Gasteiger partial charge in [-0.05, 0) is 42.0 Å². The van der Waals surface area contributed by atoms with Gasteiger partial charge in [-0.25, -0.2) is 4.79 Å². The van der Waals surface area contributed by atoms with Crippen LogP contribution in [-0.4, -0.2) is 17.0 Å². The van der Waals surface area contributed by atoms with E-state index in [9.17, 15) is 9.59 Å². The Morgan fingerprint density at radius 1 is 1.12 bits per heavy atom. The van der Waals surface area contributed by atoms with Crippen LogP contribution in [0.2, 0.25) is 5.02 Å². The maximum Gasteiger partial charge on any atom is 0.335 e. The molecule has 6 nitrogen and oxygen atoms in total. The summed E-state index contributed by atoms with van der Waals surface area (Å²) in [6, 6.07) is 14.6. The number of hydrogen-bond acceptors (Lipinski definition) is 4. The van der Waals surface area contributed by atoms with E-state index >= 15 is 0 Å². The largest absolute Gasteiger partial charge is 0.478 e. The molecule has 7 heteroatoms. The van der Waals surface area contributed by atoms with Crippen molar-refractivity contribution in [2.24, 2.45) is 0 Å². The first-order valence-corrected chi connectivity index (χ1v) is 7.60. The van der Waals surface area contributed by atoms with Crippen molar-refractivity contribution in [2.45, 2.75) is 6.54 Å². The van der Waals surface area contributed by atoms with Crippen molar-refractivity contribution in [3.63, 3.8) is 0 Å². The molecule has 0 spiro atoms. The van der Waals surface area contributed by atoms with Crippen LogP contribution in [-0.2, 0) is 11.3 Å². The predicted molar refractivity (Wildman–Crippen MR) is 94.0 cm³/mol. The number of carboxylic acids is 1. The molecule has 0 aliphatic carbocycles. The fourth-order valence-corrected chi connectivity index (χ4v) is 2.04. The van der Waals surface area contributed by atoms with Gasteiger partial charge >= 0.3 is 5.97 Å². The van der Waals surface area contributed by atoms with Crippen LogP contribution in [0.25, 0.3) is 0 Å². The first-order chi connectivity index (χ1) is 12.0. The molecule has 0 aliphatic heterocycles. The summed E-state index contributed by atoms with van der Waals surface area (Å²) >= 11 is 5.80. The van der Waals surface area contributed by atoms with Gasteiger partial charge in [0.1, 0.15) is 11.6 Å². The molecule has 0 saturated carbocycles. The maximum absolute atomic E-state index is 12.1. The quantitative estimate of drug-likeness (QED) is 0.545. The van der Waals surface area contributed by atoms with Crippen LogP contribution in [0.5, 0.6) is 0 Å². The summed E-state index contributed by atoms with van der Waals surface area (Å²) in [5.41, 5.74) is 1.35. The third kappa shape index (κ3) is 5.37. The van der Waals surface area contributed by atoms with Crippen molar-refractivity contribution in [3.05, 3.63) is 76.5 Å². The van der Waals surface area contributed by atoms with Crippen LogP contribution >= 0.6 is 11.6 Å². The summed E-state index contributed by atoms with van der Waals surface area (Å²) < 4.78 is 0. The van der Waals surface area contributed by atoms with Gasteiger partial charge in [0, 0.05) is 23.5 Å². The van der Waals surface area contributed by atoms with E-state index in [2.05, 4.69) is 10.6 Å². The second-order valence-electron chi connectivity index (χ2n) is 5.01. The molecule has 0 radical (unpaired) electrons. The highest BCUT2D eigenvalue weighted by atomic mass is 35.5. The number of nitrogens with zero attached hydrogens (tertiary/aromatic N) is 1. The number of nitriles is 1. The van der Waals surface area contributed by atoms with Gasteiger partial charge < -0.3 is 15.7 Å². The van der Waals surface area contributed by atoms with Gasteiger partial charge in [-0.1, -0.05) is 23.7 Å². The summed E-state index contributed by atoms with van der Waals surface area (Å²) in [5, 5.41) is 24.0. The number of halogens is 1. The fourth-order valence-electron chi connectivity index (χ4n) is 1.92. The molecule has 3 N–H and O–H groups in total. The van der Waals surface area contributed by atoms with Crippen LogP contribution in [0, 0.1) is 11.3 Å². The summed E-state index contributed by atoms with van der Waals surface area (Å²) in [6.07, 6.45) is 1.33. The molecule has 2 aromatic rings. The van der Waals surface area contributed by atoms with E-state index in [1.165, 1.54) is 30.5 Å². The Bertz CT molecular complexity index is 837. The van der Waals surface area contributed by atoms with Gasteiger partial charge in [0.2, 0.25) is 0 Å². The van der Waals surface area contributed by atoms with Crippen molar-refractivity contribution < 1.29 is 14.7 Å². The molecule has 1 amide bonds. The molecule has 0 heterocycles. The Balaban J connectivity index is 1.96. The molecule has 126 valence electrons. The highest BCUT2D eigenvalue weighted by Crippen LogP contribution is 2.11. The van der Waals surface area contributed by atoms with E-state index < -0.39 is 11.9 Å². The number of benzene rings is 2. The Hall–Kier alpha value is -3.30. The monoisotopic (exact) mass is 355 g/mol. The number of rotatable bonds is 6. The summed E-state index contributed by atoms with van der Waals surface area (Å²) in [7, 11) is 0. The lowest BCUT2D eigenvalue weighted by Crippen LogP contribution is -2.16. The molecule has 0 aliphatic rings. The second-order valence-corrected chi connectivity index (χ2v) is 5.45. The van der Waals surface area contributed by atoms with Crippen molar-refractivity contribution in [3.8, 4) is 6.07 Å². The summed E-state index contributed by atoms with van der Waals surface area (Å²) in [5.74, 6) is -1.64. The van der Waals surface area contributed by atoms with Crippen molar-refractivity contribution in [1.82, 2.24) is 5.32 Å². The molecular formula is C18H14ClN3O3. The highest BCUT2D eigenvalue weighted by Gasteiger charge is 2.10. The fraction of sp³-hybridized carbons (Fsp3) is 0.0556. The average molecular weight is 356 g/mol. The van der Waals surface area contributed by atoms with Crippen molar-refractivity contribution in [2.75, 3.05) is 5.32 Å². The van der Waals surface area contributed by atoms with Gasteiger partial charge in [-0.15, -0.1) is 0 Å². The molecular weight excluding hydrogens is 342 g/mol. The Morgan fingerprint density at radius 2 is 1.76 bits per heavy atom. The van der Waals surface area contributed by atoms with Gasteiger partial charge in [0.15, 0.2) is 0 Å². The molecule has 2 aromatic carbocycles. The number of hydrogen-bond donors (Lipinski definition) is 3. The lowest BCUT2D eigenvalue weighted by Gasteiger charge is -2.06. The zero-order valence-corrected chi connectivity index (χ0v) is 13.7. The molecule has 0 saturated heterocycles. The number of anilines is 1. The lowest BCUT2D eigenvalue weighted by atomic mass is 10.2. The molecule has 0 atom stereocenters. The SMILES string of the molecule is N#C/C(=C/NCc1ccc(Cl)cc1)C(=O)Nc1ccc(C(=O)O)cc1. The summed E-state index contributed by atoms with van der Waals surface area (Å²) in [4.78, 5) is 22.9. The average Bonchev–Trinajstić information content (AvgIpc) is 2.60. The molecule has 25 heavy (non-hydrogen) atoms. The standard InChI is InChI=1S/C18H14ClN3O3/c19-15-5-1-12(2-6-15)10-21-11-14(9-20)17(23)22-16-7-3-13(4-8-16)18(24)25/h1-8,11,21H,10H2,(H,22,23)(H,24,25)/b14-11-. The van der Waals surface area contributed by atoms with E-state index in [0.717, 1.165) is 5.56 Å². The number of carbonyl (C=O) groups excluding carboxylic acids is 1. The zero-order chi connectivity index (χ0) is 18.2. The van der Waals surface area contributed by atoms with Crippen LogP contribution in [0.15, 0.2) is 60.3 Å². The maximum atomic E-state index is 12.1. The Kier molecular flexibility index (Phi) is 6.15. The molecule has 0 bridgehead atoms. The topological polar surface area (TPSA) is 102 Å². The van der Waals surface area contributed by atoms with Gasteiger partial charge in [0.05, 0.1) is 5.56 Å². The molecule has 0 unspecified atom stereocenters. The Labute approximate surface area is 149 Å². The van der Waals surface area contributed by atoms with Crippen LogP contribution in [0.3, 0.4) is 0 Å². The van der Waals surface area contributed by atoms with Crippen LogP contribution in [0.1, 0.15) is 15.9 Å². The third-order valence-corrected chi connectivity index (χ3v) is 3.47. The normalized spacial score (nSPS) is 10.6. The van der Waals surface area contributed by atoms with Gasteiger partial charge in [-0.2, -0.15) is 5.26 Å². The number of aromatic carboxylic acids is 1. The van der Waals surface area contributed by atoms with Gasteiger partial charge in [-0.3, -0.25) is 4.79 Å². The second kappa shape index (κ2) is 8.52.